The molecule has 0 bridgehead atoms. The molecule has 156 valence electrons. The fraction of sp³-hybridized carbons (Fsp3) is 0.238. The van der Waals surface area contributed by atoms with Crippen LogP contribution in [0, 0.1) is 24.0 Å². The second-order valence-electron chi connectivity index (χ2n) is 6.95. The number of carbonyl (C=O) groups excluding carboxylic acids is 1. The van der Waals surface area contributed by atoms with Crippen molar-refractivity contribution in [2.75, 3.05) is 10.6 Å². The third-order valence-corrected chi connectivity index (χ3v) is 5.06. The Labute approximate surface area is 179 Å². The number of nitro groups is 1. The van der Waals surface area contributed by atoms with Crippen molar-refractivity contribution in [3.05, 3.63) is 80.6 Å². The fourth-order valence-electron chi connectivity index (χ4n) is 3.21. The largest absolute Gasteiger partial charge is 0.377 e. The van der Waals surface area contributed by atoms with Crippen molar-refractivity contribution >= 4 is 34.6 Å². The first kappa shape index (κ1) is 21.3. The van der Waals surface area contributed by atoms with Crippen molar-refractivity contribution in [1.82, 2.24) is 9.78 Å². The molecule has 1 atom stereocenters. The molecule has 2 N–H and O–H groups in total. The maximum Gasteiger partial charge on any atom is 0.312 e. The Morgan fingerprint density at radius 1 is 1.23 bits per heavy atom. The lowest BCUT2D eigenvalue weighted by molar-refractivity contribution is -0.386. The molecule has 1 amide bonds. The van der Waals surface area contributed by atoms with E-state index in [0.717, 1.165) is 11.3 Å². The van der Waals surface area contributed by atoms with Crippen LogP contribution in [-0.4, -0.2) is 20.6 Å². The van der Waals surface area contributed by atoms with E-state index in [1.54, 1.807) is 32.0 Å². The van der Waals surface area contributed by atoms with E-state index < -0.39 is 4.92 Å². The summed E-state index contributed by atoms with van der Waals surface area (Å²) in [7, 11) is 0. The minimum absolute atomic E-state index is 0.0611. The van der Waals surface area contributed by atoms with E-state index in [1.807, 2.05) is 37.3 Å². The highest BCUT2D eigenvalue weighted by Crippen LogP contribution is 2.29. The first-order valence-electron chi connectivity index (χ1n) is 9.35. The van der Waals surface area contributed by atoms with Crippen molar-refractivity contribution in [2.24, 2.45) is 0 Å². The third kappa shape index (κ3) is 4.77. The number of hydrogen-bond donors (Lipinski definition) is 2. The Bertz CT molecular complexity index is 1080. The minimum Gasteiger partial charge on any atom is -0.377 e. The summed E-state index contributed by atoms with van der Waals surface area (Å²) in [5.41, 5.74) is 2.94. The number of amides is 1. The number of aryl methyl sites for hydroxylation is 1. The van der Waals surface area contributed by atoms with Crippen LogP contribution in [0.4, 0.5) is 17.1 Å². The minimum atomic E-state index is -0.492. The van der Waals surface area contributed by atoms with E-state index >= 15 is 0 Å². The van der Waals surface area contributed by atoms with Crippen LogP contribution in [-0.2, 0) is 11.3 Å². The molecule has 9 heteroatoms. The molecule has 1 heterocycles. The topological polar surface area (TPSA) is 102 Å². The van der Waals surface area contributed by atoms with Crippen LogP contribution in [0.5, 0.6) is 0 Å². The van der Waals surface area contributed by atoms with Gasteiger partial charge in [-0.05, 0) is 44.5 Å². The Hall–Kier alpha value is -3.39. The lowest BCUT2D eigenvalue weighted by atomic mass is 10.1. The zero-order chi connectivity index (χ0) is 21.8. The molecule has 0 fully saturated rings. The lowest BCUT2D eigenvalue weighted by Gasteiger charge is -2.17. The second-order valence-corrected chi connectivity index (χ2v) is 7.36. The molecule has 0 aliphatic rings. The molecule has 30 heavy (non-hydrogen) atoms. The first-order chi connectivity index (χ1) is 14.3. The number of nitrogens with zero attached hydrogens (tertiary/aromatic N) is 3. The summed E-state index contributed by atoms with van der Waals surface area (Å²) in [6.07, 6.45) is 0. The predicted molar refractivity (Wildman–Crippen MR) is 117 cm³/mol. The Kier molecular flexibility index (Phi) is 6.37. The lowest BCUT2D eigenvalue weighted by Crippen LogP contribution is -2.20. The average Bonchev–Trinajstić information content (AvgIpc) is 2.97. The SMILES string of the molecule is Cc1nn(CC(=O)Nc2ccc(NC(C)c3ccccc3)c(Cl)c2)c(C)c1[N+](=O)[O-]. The summed E-state index contributed by atoms with van der Waals surface area (Å²) < 4.78 is 1.32. The molecule has 0 aliphatic heterocycles. The van der Waals surface area contributed by atoms with Crippen LogP contribution in [0.2, 0.25) is 5.02 Å². The molecule has 1 aromatic heterocycles. The van der Waals surface area contributed by atoms with Crippen LogP contribution in [0.15, 0.2) is 48.5 Å². The highest BCUT2D eigenvalue weighted by molar-refractivity contribution is 6.33. The number of carbonyl (C=O) groups is 1. The van der Waals surface area contributed by atoms with Gasteiger partial charge < -0.3 is 10.6 Å². The molecule has 0 saturated carbocycles. The molecule has 0 radical (unpaired) electrons. The molecule has 0 saturated heterocycles. The van der Waals surface area contributed by atoms with Gasteiger partial charge in [0.25, 0.3) is 0 Å². The number of anilines is 2. The number of aromatic nitrogens is 2. The molecular weight excluding hydrogens is 406 g/mol. The van der Waals surface area contributed by atoms with E-state index in [4.69, 9.17) is 11.6 Å². The normalized spacial score (nSPS) is 11.7. The van der Waals surface area contributed by atoms with Crippen molar-refractivity contribution in [3.8, 4) is 0 Å². The molecular formula is C21H22ClN5O3. The zero-order valence-corrected chi connectivity index (χ0v) is 17.6. The van der Waals surface area contributed by atoms with Crippen LogP contribution < -0.4 is 10.6 Å². The average molecular weight is 428 g/mol. The highest BCUT2D eigenvalue weighted by atomic mass is 35.5. The van der Waals surface area contributed by atoms with E-state index in [-0.39, 0.29) is 29.9 Å². The van der Waals surface area contributed by atoms with Gasteiger partial charge in [0, 0.05) is 11.7 Å². The summed E-state index contributed by atoms with van der Waals surface area (Å²) in [5.74, 6) is -0.357. The molecule has 2 aromatic carbocycles. The number of nitrogens with one attached hydrogen (secondary N) is 2. The first-order valence-corrected chi connectivity index (χ1v) is 9.73. The Morgan fingerprint density at radius 2 is 1.93 bits per heavy atom. The van der Waals surface area contributed by atoms with Crippen LogP contribution in [0.3, 0.4) is 0 Å². The molecule has 0 aliphatic carbocycles. The van der Waals surface area contributed by atoms with Crippen molar-refractivity contribution in [3.63, 3.8) is 0 Å². The van der Waals surface area contributed by atoms with Gasteiger partial charge in [-0.1, -0.05) is 41.9 Å². The Morgan fingerprint density at radius 3 is 2.53 bits per heavy atom. The predicted octanol–water partition coefficient (Wildman–Crippen LogP) is 4.87. The van der Waals surface area contributed by atoms with Gasteiger partial charge in [0.1, 0.15) is 17.9 Å². The monoisotopic (exact) mass is 427 g/mol. The van der Waals surface area contributed by atoms with Crippen molar-refractivity contribution in [1.29, 1.82) is 0 Å². The van der Waals surface area contributed by atoms with Gasteiger partial charge in [0.05, 0.1) is 15.6 Å². The van der Waals surface area contributed by atoms with Gasteiger partial charge in [-0.25, -0.2) is 0 Å². The van der Waals surface area contributed by atoms with Gasteiger partial charge in [0.15, 0.2) is 0 Å². The standard InChI is InChI=1S/C21H22ClN5O3/c1-13(16-7-5-4-6-8-16)23-19-10-9-17(11-18(19)22)24-20(28)12-26-15(3)21(27(29)30)14(2)25-26/h4-11,13,23H,12H2,1-3H3,(H,24,28). The molecule has 1 unspecified atom stereocenters. The summed E-state index contributed by atoms with van der Waals surface area (Å²) in [6, 6.07) is 15.2. The smallest absolute Gasteiger partial charge is 0.312 e. The molecule has 8 nitrogen and oxygen atoms in total. The number of rotatable bonds is 7. The zero-order valence-electron chi connectivity index (χ0n) is 16.8. The van der Waals surface area contributed by atoms with Gasteiger partial charge in [-0.2, -0.15) is 5.10 Å². The summed E-state index contributed by atoms with van der Waals surface area (Å²) >= 11 is 6.38. The van der Waals surface area contributed by atoms with E-state index in [9.17, 15) is 14.9 Å². The van der Waals surface area contributed by atoms with Gasteiger partial charge in [-0.15, -0.1) is 0 Å². The van der Waals surface area contributed by atoms with Crippen LogP contribution in [0.1, 0.15) is 29.9 Å². The Balaban J connectivity index is 1.66. The highest BCUT2D eigenvalue weighted by Gasteiger charge is 2.22. The maximum absolute atomic E-state index is 12.4. The quantitative estimate of drug-likeness (QED) is 0.413. The van der Waals surface area contributed by atoms with Gasteiger partial charge in [-0.3, -0.25) is 19.6 Å². The molecule has 3 aromatic rings. The molecule has 3 rings (SSSR count). The van der Waals surface area contributed by atoms with Gasteiger partial charge in [0.2, 0.25) is 5.91 Å². The number of benzene rings is 2. The number of halogens is 1. The summed E-state index contributed by atoms with van der Waals surface area (Å²) in [4.78, 5) is 23.0. The second kappa shape index (κ2) is 8.96. The summed E-state index contributed by atoms with van der Waals surface area (Å²) in [5, 5.41) is 21.8. The van der Waals surface area contributed by atoms with E-state index in [0.29, 0.717) is 16.4 Å². The number of hydrogen-bond acceptors (Lipinski definition) is 5. The van der Waals surface area contributed by atoms with Crippen LogP contribution in [0.25, 0.3) is 0 Å². The van der Waals surface area contributed by atoms with Crippen molar-refractivity contribution in [2.45, 2.75) is 33.4 Å². The maximum atomic E-state index is 12.4. The van der Waals surface area contributed by atoms with E-state index in [2.05, 4.69) is 15.7 Å². The third-order valence-electron chi connectivity index (χ3n) is 4.74. The van der Waals surface area contributed by atoms with Gasteiger partial charge >= 0.3 is 5.69 Å². The van der Waals surface area contributed by atoms with Crippen molar-refractivity contribution < 1.29 is 9.72 Å². The molecule has 0 spiro atoms. The van der Waals surface area contributed by atoms with Crippen LogP contribution >= 0.6 is 11.6 Å². The fourth-order valence-corrected chi connectivity index (χ4v) is 3.45. The van der Waals surface area contributed by atoms with E-state index in [1.165, 1.54) is 4.68 Å². The summed E-state index contributed by atoms with van der Waals surface area (Å²) in [6.45, 7) is 5.01.